The lowest BCUT2D eigenvalue weighted by molar-refractivity contribution is -0.141. The number of carbonyl (C=O) groups is 2. The molecule has 0 fully saturated rings. The van der Waals surface area contributed by atoms with E-state index in [1.165, 1.54) is 0 Å². The second-order valence-electron chi connectivity index (χ2n) is 3.43. The van der Waals surface area contributed by atoms with Crippen molar-refractivity contribution in [2.45, 2.75) is 19.0 Å². The van der Waals surface area contributed by atoms with Crippen molar-refractivity contribution in [2.75, 3.05) is 0 Å². The number of carboxylic acid groups (broad SMARTS) is 1. The molecule has 0 unspecified atom stereocenters. The molecule has 0 spiro atoms. The van der Waals surface area contributed by atoms with Crippen LogP contribution < -0.4 is 11.1 Å². The minimum Gasteiger partial charge on any atom is -0.480 e. The van der Waals surface area contributed by atoms with Gasteiger partial charge in [-0.3, -0.25) is 14.9 Å². The van der Waals surface area contributed by atoms with Crippen LogP contribution in [0.2, 0.25) is 0 Å². The molecule has 0 saturated carbocycles. The molecular formula is C11H14N2O3. The minimum absolute atomic E-state index is 0.206. The van der Waals surface area contributed by atoms with Crippen molar-refractivity contribution in [3.8, 4) is 0 Å². The Morgan fingerprint density at radius 1 is 1.31 bits per heavy atom. The van der Waals surface area contributed by atoms with Crippen molar-refractivity contribution < 1.29 is 14.7 Å². The highest BCUT2D eigenvalue weighted by Gasteiger charge is 2.18. The summed E-state index contributed by atoms with van der Waals surface area (Å²) in [7, 11) is 0. The van der Waals surface area contributed by atoms with Crippen LogP contribution in [0, 0.1) is 0 Å². The number of carboxylic acids is 1. The largest absolute Gasteiger partial charge is 0.480 e. The lowest BCUT2D eigenvalue weighted by Crippen LogP contribution is -2.39. The van der Waals surface area contributed by atoms with E-state index >= 15 is 0 Å². The highest BCUT2D eigenvalue weighted by Crippen LogP contribution is 2.00. The Morgan fingerprint density at radius 3 is 2.44 bits per heavy atom. The molecule has 0 radical (unpaired) electrons. The number of nitrogens with two attached hydrogens (primary N) is 1. The predicted molar refractivity (Wildman–Crippen MR) is 58.5 cm³/mol. The number of primary amides is 1. The van der Waals surface area contributed by atoms with Gasteiger partial charge in [-0.05, 0) is 5.56 Å². The maximum Gasteiger partial charge on any atom is 0.321 e. The first-order valence-electron chi connectivity index (χ1n) is 4.88. The monoisotopic (exact) mass is 222 g/mol. The highest BCUT2D eigenvalue weighted by atomic mass is 16.4. The number of nitrogens with one attached hydrogen (secondary N) is 1. The number of hydrogen-bond acceptors (Lipinski definition) is 3. The third-order valence-corrected chi connectivity index (χ3v) is 2.10. The maximum atomic E-state index is 10.8. The molecule has 1 aromatic rings. The Labute approximate surface area is 93.3 Å². The van der Waals surface area contributed by atoms with Crippen LogP contribution in [0.4, 0.5) is 0 Å². The summed E-state index contributed by atoms with van der Waals surface area (Å²) in [5, 5.41) is 11.6. The number of hydrogen-bond donors (Lipinski definition) is 3. The molecule has 1 rings (SSSR count). The third kappa shape index (κ3) is 4.10. The molecule has 0 saturated heterocycles. The fourth-order valence-corrected chi connectivity index (χ4v) is 1.28. The molecule has 0 aromatic heterocycles. The van der Waals surface area contributed by atoms with Gasteiger partial charge in [0.15, 0.2) is 0 Å². The first kappa shape index (κ1) is 12.2. The zero-order valence-electron chi connectivity index (χ0n) is 8.72. The average Bonchev–Trinajstić information content (AvgIpc) is 2.25. The highest BCUT2D eigenvalue weighted by molar-refractivity contribution is 5.83. The molecule has 0 bridgehead atoms. The molecule has 0 heterocycles. The Bertz CT molecular complexity index is 365. The Kier molecular flexibility index (Phi) is 4.47. The zero-order valence-corrected chi connectivity index (χ0v) is 8.72. The lowest BCUT2D eigenvalue weighted by atomic mass is 10.1. The van der Waals surface area contributed by atoms with Crippen LogP contribution in [0.3, 0.4) is 0 Å². The molecule has 5 nitrogen and oxygen atoms in total. The summed E-state index contributed by atoms with van der Waals surface area (Å²) in [6, 6.07) is 8.41. The molecule has 4 N–H and O–H groups in total. The standard InChI is InChI=1S/C11H14N2O3/c12-10(14)6-9(11(15)16)13-7-8-4-2-1-3-5-8/h1-5,9,13H,6-7H2,(H2,12,14)(H,15,16)/t9-/m1/s1. The molecule has 5 heteroatoms. The number of carbonyl (C=O) groups excluding carboxylic acids is 1. The second-order valence-corrected chi connectivity index (χ2v) is 3.43. The van der Waals surface area contributed by atoms with Gasteiger partial charge in [0.2, 0.25) is 5.91 Å². The zero-order chi connectivity index (χ0) is 12.0. The molecule has 1 aromatic carbocycles. The normalized spacial score (nSPS) is 12.0. The second kappa shape index (κ2) is 5.87. The van der Waals surface area contributed by atoms with Gasteiger partial charge in [-0.15, -0.1) is 0 Å². The first-order valence-corrected chi connectivity index (χ1v) is 4.88. The quantitative estimate of drug-likeness (QED) is 0.636. The fraction of sp³-hybridized carbons (Fsp3) is 0.273. The van der Waals surface area contributed by atoms with E-state index in [0.29, 0.717) is 6.54 Å². The van der Waals surface area contributed by atoms with Gasteiger partial charge in [0.25, 0.3) is 0 Å². The van der Waals surface area contributed by atoms with E-state index < -0.39 is 17.9 Å². The molecule has 16 heavy (non-hydrogen) atoms. The van der Waals surface area contributed by atoms with Gasteiger partial charge in [-0.25, -0.2) is 0 Å². The first-order chi connectivity index (χ1) is 7.59. The van der Waals surface area contributed by atoms with Gasteiger partial charge in [0.05, 0.1) is 6.42 Å². The van der Waals surface area contributed by atoms with Crippen LogP contribution >= 0.6 is 0 Å². The van der Waals surface area contributed by atoms with Gasteiger partial charge in [0.1, 0.15) is 6.04 Å². The van der Waals surface area contributed by atoms with Crippen LogP contribution in [-0.2, 0) is 16.1 Å². The van der Waals surface area contributed by atoms with E-state index in [9.17, 15) is 9.59 Å². The van der Waals surface area contributed by atoms with Crippen LogP contribution in [-0.4, -0.2) is 23.0 Å². The van der Waals surface area contributed by atoms with Crippen LogP contribution in [0.5, 0.6) is 0 Å². The number of amides is 1. The van der Waals surface area contributed by atoms with Gasteiger partial charge in [0, 0.05) is 6.54 Å². The minimum atomic E-state index is -1.07. The smallest absolute Gasteiger partial charge is 0.321 e. The van der Waals surface area contributed by atoms with Crippen molar-refractivity contribution in [3.63, 3.8) is 0 Å². The summed E-state index contributed by atoms with van der Waals surface area (Å²) < 4.78 is 0. The maximum absolute atomic E-state index is 10.8. The SMILES string of the molecule is NC(=O)C[C@@H](NCc1ccccc1)C(=O)O. The van der Waals surface area contributed by atoms with E-state index in [4.69, 9.17) is 10.8 Å². The molecule has 1 amide bonds. The van der Waals surface area contributed by atoms with E-state index in [0.717, 1.165) is 5.56 Å². The van der Waals surface area contributed by atoms with Crippen molar-refractivity contribution in [3.05, 3.63) is 35.9 Å². The van der Waals surface area contributed by atoms with Gasteiger partial charge >= 0.3 is 5.97 Å². The van der Waals surface area contributed by atoms with Crippen LogP contribution in [0.25, 0.3) is 0 Å². The van der Waals surface area contributed by atoms with E-state index in [-0.39, 0.29) is 6.42 Å². The molecule has 1 atom stereocenters. The Morgan fingerprint density at radius 2 is 1.94 bits per heavy atom. The molecule has 0 aliphatic carbocycles. The predicted octanol–water partition coefficient (Wildman–Crippen LogP) is 0.105. The summed E-state index contributed by atoms with van der Waals surface area (Å²) in [6.45, 7) is 0.394. The Balaban J connectivity index is 2.50. The third-order valence-electron chi connectivity index (χ3n) is 2.10. The topological polar surface area (TPSA) is 92.4 Å². The number of aliphatic carboxylic acids is 1. The van der Waals surface area contributed by atoms with Gasteiger partial charge in [-0.1, -0.05) is 30.3 Å². The molecular weight excluding hydrogens is 208 g/mol. The Hall–Kier alpha value is -1.88. The molecule has 0 aliphatic rings. The van der Waals surface area contributed by atoms with Gasteiger partial charge in [-0.2, -0.15) is 0 Å². The van der Waals surface area contributed by atoms with Gasteiger partial charge < -0.3 is 10.8 Å². The number of benzene rings is 1. The average molecular weight is 222 g/mol. The van der Waals surface area contributed by atoms with Crippen molar-refractivity contribution in [1.29, 1.82) is 0 Å². The fourth-order valence-electron chi connectivity index (χ4n) is 1.28. The summed E-state index contributed by atoms with van der Waals surface area (Å²) in [6.07, 6.45) is -0.206. The molecule has 0 aliphatic heterocycles. The van der Waals surface area contributed by atoms with E-state index in [1.54, 1.807) is 0 Å². The van der Waals surface area contributed by atoms with Crippen LogP contribution in [0.1, 0.15) is 12.0 Å². The summed E-state index contributed by atoms with van der Waals surface area (Å²) in [5.74, 6) is -1.71. The van der Waals surface area contributed by atoms with Crippen molar-refractivity contribution in [2.24, 2.45) is 5.73 Å². The van der Waals surface area contributed by atoms with Crippen LogP contribution in [0.15, 0.2) is 30.3 Å². The van der Waals surface area contributed by atoms with Crippen molar-refractivity contribution >= 4 is 11.9 Å². The van der Waals surface area contributed by atoms with E-state index in [1.807, 2.05) is 30.3 Å². The number of rotatable bonds is 6. The van der Waals surface area contributed by atoms with E-state index in [2.05, 4.69) is 5.32 Å². The summed E-state index contributed by atoms with van der Waals surface area (Å²) >= 11 is 0. The summed E-state index contributed by atoms with van der Waals surface area (Å²) in [4.78, 5) is 21.4. The summed E-state index contributed by atoms with van der Waals surface area (Å²) in [5.41, 5.74) is 5.91. The van der Waals surface area contributed by atoms with Crippen molar-refractivity contribution in [1.82, 2.24) is 5.32 Å². The lowest BCUT2D eigenvalue weighted by Gasteiger charge is -2.12. The molecule has 86 valence electrons.